The highest BCUT2D eigenvalue weighted by Gasteiger charge is 2.09. The number of carboxylic acid groups (broad SMARTS) is 1. The fraction of sp³-hybridized carbons (Fsp3) is 0.400. The van der Waals surface area contributed by atoms with Crippen LogP contribution < -0.4 is 5.73 Å². The minimum absolute atomic E-state index is 0.354. The van der Waals surface area contributed by atoms with E-state index in [9.17, 15) is 4.79 Å². The predicted molar refractivity (Wildman–Crippen MR) is 71.6 cm³/mol. The fourth-order valence-corrected chi connectivity index (χ4v) is 1.46. The summed E-state index contributed by atoms with van der Waals surface area (Å²) in [7, 11) is 0. The zero-order valence-electron chi connectivity index (χ0n) is 8.86. The number of nitrogens with two attached hydrogens (primary N) is 1. The normalized spacial score (nSPS) is 11.2. The lowest BCUT2D eigenvalue weighted by molar-refractivity contribution is -0.136. The number of hydrogen-bond donors (Lipinski definition) is 2. The number of alkyl halides is 1. The largest absolute Gasteiger partial charge is 0.480 e. The molecule has 90 valence electrons. The van der Waals surface area contributed by atoms with Crippen LogP contribution in [0.3, 0.4) is 0 Å². The van der Waals surface area contributed by atoms with Gasteiger partial charge in [0.05, 0.1) is 0 Å². The molecule has 0 bridgehead atoms. The van der Waals surface area contributed by atoms with Gasteiger partial charge in [0.2, 0.25) is 0 Å². The third kappa shape index (κ3) is 7.64. The number of nitrogen functional groups attached to an aromatic ring is 1. The van der Waals surface area contributed by atoms with Gasteiger partial charge >= 0.3 is 5.97 Å². The van der Waals surface area contributed by atoms with Crippen molar-refractivity contribution >= 4 is 43.6 Å². The van der Waals surface area contributed by atoms with Crippen LogP contribution in [0.5, 0.6) is 0 Å². The fourth-order valence-electron chi connectivity index (χ4n) is 0.764. The molecule has 1 atom stereocenters. The summed E-state index contributed by atoms with van der Waals surface area (Å²) in [5, 5.41) is 8.27. The van der Waals surface area contributed by atoms with Crippen LogP contribution in [0.2, 0.25) is 0 Å². The standard InChI is InChI=1S/C5H5BrN2.C5H9BrO2/c6-4-1-2-5(7)8-3-4;1-2-3-4(6)5(7)8/h1-3H,(H2,7,8);4H,2-3H2,1H3,(H,7,8). The van der Waals surface area contributed by atoms with Crippen molar-refractivity contribution in [3.05, 3.63) is 22.8 Å². The highest BCUT2D eigenvalue weighted by atomic mass is 79.9. The van der Waals surface area contributed by atoms with Gasteiger partial charge in [0, 0.05) is 10.7 Å². The molecule has 0 aromatic carbocycles. The molecule has 0 saturated carbocycles. The first kappa shape index (κ1) is 15.4. The summed E-state index contributed by atoms with van der Waals surface area (Å²) in [5.41, 5.74) is 5.29. The summed E-state index contributed by atoms with van der Waals surface area (Å²) < 4.78 is 0.951. The number of anilines is 1. The summed E-state index contributed by atoms with van der Waals surface area (Å²) in [4.78, 5) is 13.5. The zero-order valence-corrected chi connectivity index (χ0v) is 12.0. The van der Waals surface area contributed by atoms with Crippen molar-refractivity contribution in [2.24, 2.45) is 0 Å². The SMILES string of the molecule is CCCC(Br)C(=O)O.Nc1ccc(Br)cn1. The van der Waals surface area contributed by atoms with Crippen molar-refractivity contribution in [2.45, 2.75) is 24.6 Å². The minimum atomic E-state index is -0.771. The van der Waals surface area contributed by atoms with Gasteiger partial charge in [-0.2, -0.15) is 0 Å². The predicted octanol–water partition coefficient (Wildman–Crippen LogP) is 3.06. The van der Waals surface area contributed by atoms with Crippen molar-refractivity contribution in [1.29, 1.82) is 0 Å². The van der Waals surface area contributed by atoms with E-state index in [4.69, 9.17) is 10.8 Å². The zero-order chi connectivity index (χ0) is 12.6. The molecule has 4 nitrogen and oxygen atoms in total. The minimum Gasteiger partial charge on any atom is -0.480 e. The summed E-state index contributed by atoms with van der Waals surface area (Å²) in [6, 6.07) is 3.59. The number of halogens is 2. The van der Waals surface area contributed by atoms with Crippen LogP contribution in [0.15, 0.2) is 22.8 Å². The van der Waals surface area contributed by atoms with E-state index in [1.165, 1.54) is 0 Å². The lowest BCUT2D eigenvalue weighted by Gasteiger charge is -1.98. The first-order valence-corrected chi connectivity index (χ1v) is 6.42. The number of carbonyl (C=O) groups is 1. The van der Waals surface area contributed by atoms with Crippen molar-refractivity contribution in [3.63, 3.8) is 0 Å². The third-order valence-corrected chi connectivity index (χ3v) is 2.88. The van der Waals surface area contributed by atoms with E-state index in [1.54, 1.807) is 12.3 Å². The topological polar surface area (TPSA) is 76.2 Å². The highest BCUT2D eigenvalue weighted by Crippen LogP contribution is 2.07. The second-order valence-electron chi connectivity index (χ2n) is 3.00. The Kier molecular flexibility index (Phi) is 8.19. The first-order chi connectivity index (χ1) is 7.47. The number of aliphatic carboxylic acids is 1. The molecule has 0 aliphatic rings. The Morgan fingerprint density at radius 3 is 2.50 bits per heavy atom. The lowest BCUT2D eigenvalue weighted by atomic mass is 10.2. The van der Waals surface area contributed by atoms with Gasteiger partial charge in [-0.15, -0.1) is 0 Å². The molecule has 0 spiro atoms. The van der Waals surface area contributed by atoms with Crippen LogP contribution in [0.1, 0.15) is 19.8 Å². The molecular formula is C10H14Br2N2O2. The van der Waals surface area contributed by atoms with Gasteiger partial charge < -0.3 is 10.8 Å². The Balaban J connectivity index is 0.000000281. The Morgan fingerprint density at radius 1 is 1.62 bits per heavy atom. The van der Waals surface area contributed by atoms with Crippen LogP contribution in [0, 0.1) is 0 Å². The maximum Gasteiger partial charge on any atom is 0.317 e. The molecule has 1 rings (SSSR count). The number of hydrogen-bond acceptors (Lipinski definition) is 3. The van der Waals surface area contributed by atoms with Crippen LogP contribution in [0.25, 0.3) is 0 Å². The second-order valence-corrected chi connectivity index (χ2v) is 5.02. The molecule has 0 fully saturated rings. The second kappa shape index (κ2) is 8.52. The summed E-state index contributed by atoms with van der Waals surface area (Å²) in [6.07, 6.45) is 3.27. The average Bonchev–Trinajstić information content (AvgIpc) is 2.24. The number of rotatable bonds is 3. The molecule has 1 aromatic rings. The molecule has 0 saturated heterocycles. The smallest absolute Gasteiger partial charge is 0.317 e. The van der Waals surface area contributed by atoms with Gasteiger partial charge in [0.1, 0.15) is 10.6 Å². The van der Waals surface area contributed by atoms with Crippen LogP contribution in [-0.4, -0.2) is 20.9 Å². The van der Waals surface area contributed by atoms with E-state index in [0.717, 1.165) is 10.9 Å². The molecule has 0 aliphatic carbocycles. The van der Waals surface area contributed by atoms with E-state index >= 15 is 0 Å². The number of carboxylic acids is 1. The Morgan fingerprint density at radius 2 is 2.25 bits per heavy atom. The van der Waals surface area contributed by atoms with Crippen LogP contribution >= 0.6 is 31.9 Å². The maximum absolute atomic E-state index is 10.0. The van der Waals surface area contributed by atoms with Crippen molar-refractivity contribution in [2.75, 3.05) is 5.73 Å². The molecule has 3 N–H and O–H groups in total. The van der Waals surface area contributed by atoms with E-state index in [0.29, 0.717) is 12.2 Å². The molecule has 0 radical (unpaired) electrons. The van der Waals surface area contributed by atoms with Gasteiger partial charge in [0.25, 0.3) is 0 Å². The molecule has 1 aromatic heterocycles. The monoisotopic (exact) mass is 352 g/mol. The maximum atomic E-state index is 10.0. The van der Waals surface area contributed by atoms with Crippen LogP contribution in [0.4, 0.5) is 5.82 Å². The molecule has 1 unspecified atom stereocenters. The van der Waals surface area contributed by atoms with E-state index in [2.05, 4.69) is 36.8 Å². The molecule has 1 heterocycles. The average molecular weight is 354 g/mol. The summed E-state index contributed by atoms with van der Waals surface area (Å²) in [5.74, 6) is -0.222. The van der Waals surface area contributed by atoms with Crippen LogP contribution in [-0.2, 0) is 4.79 Å². The van der Waals surface area contributed by atoms with Gasteiger partial charge in [-0.25, -0.2) is 4.98 Å². The molecule has 16 heavy (non-hydrogen) atoms. The first-order valence-electron chi connectivity index (χ1n) is 4.71. The molecular weight excluding hydrogens is 340 g/mol. The van der Waals surface area contributed by atoms with E-state index in [-0.39, 0.29) is 4.83 Å². The number of aromatic nitrogens is 1. The Hall–Kier alpha value is -0.620. The number of pyridine rings is 1. The van der Waals surface area contributed by atoms with E-state index in [1.807, 2.05) is 13.0 Å². The Bertz CT molecular complexity index is 296. The molecule has 6 heteroatoms. The lowest BCUT2D eigenvalue weighted by Crippen LogP contribution is -2.11. The van der Waals surface area contributed by atoms with Gasteiger partial charge in [-0.05, 0) is 34.5 Å². The van der Waals surface area contributed by atoms with Crippen molar-refractivity contribution in [3.8, 4) is 0 Å². The van der Waals surface area contributed by atoms with Crippen molar-refractivity contribution in [1.82, 2.24) is 4.98 Å². The summed E-state index contributed by atoms with van der Waals surface area (Å²) in [6.45, 7) is 1.96. The summed E-state index contributed by atoms with van der Waals surface area (Å²) >= 11 is 6.23. The van der Waals surface area contributed by atoms with Gasteiger partial charge in [0.15, 0.2) is 0 Å². The van der Waals surface area contributed by atoms with Gasteiger partial charge in [-0.3, -0.25) is 4.79 Å². The van der Waals surface area contributed by atoms with E-state index < -0.39 is 5.97 Å². The third-order valence-electron chi connectivity index (χ3n) is 1.56. The quantitative estimate of drug-likeness (QED) is 0.819. The number of nitrogens with zero attached hydrogens (tertiary/aromatic N) is 1. The molecule has 0 amide bonds. The molecule has 0 aliphatic heterocycles. The highest BCUT2D eigenvalue weighted by molar-refractivity contribution is 9.10. The Labute approximate surface area is 112 Å². The van der Waals surface area contributed by atoms with Crippen molar-refractivity contribution < 1.29 is 9.90 Å². The van der Waals surface area contributed by atoms with Gasteiger partial charge in [-0.1, -0.05) is 29.3 Å².